The van der Waals surface area contributed by atoms with Gasteiger partial charge < -0.3 is 0 Å². The number of hydrogen-bond acceptors (Lipinski definition) is 0. The van der Waals surface area contributed by atoms with Gasteiger partial charge in [-0.1, -0.05) is 121 Å². The normalized spacial score (nSPS) is 13.3. The standard InChI is InChI=1S/C27H24Cl2P2/c28-26(30(22-13-5-1-6-14-22)23-15-7-2-8-16-23)21-27(29)31(24-17-9-3-10-18-24)25-19-11-4-12-20-25/h1-20,26-27H,21H2. The summed E-state index contributed by atoms with van der Waals surface area (Å²) in [5.41, 5.74) is 0. The minimum Gasteiger partial charge on any atom is -0.117 e. The Hall–Kier alpha value is -1.68. The summed E-state index contributed by atoms with van der Waals surface area (Å²) in [5.74, 6) is 0. The van der Waals surface area contributed by atoms with E-state index in [1.165, 1.54) is 21.2 Å². The van der Waals surface area contributed by atoms with Crippen LogP contribution in [0.3, 0.4) is 0 Å². The van der Waals surface area contributed by atoms with Crippen LogP contribution in [0.4, 0.5) is 0 Å². The molecule has 4 aromatic carbocycles. The lowest BCUT2D eigenvalue weighted by Gasteiger charge is -2.29. The van der Waals surface area contributed by atoms with E-state index < -0.39 is 15.8 Å². The summed E-state index contributed by atoms with van der Waals surface area (Å²) >= 11 is 14.4. The fraction of sp³-hybridized carbons (Fsp3) is 0.111. The highest BCUT2D eigenvalue weighted by atomic mass is 35.5. The average Bonchev–Trinajstić information content (AvgIpc) is 2.82. The van der Waals surface area contributed by atoms with Crippen LogP contribution in [0.25, 0.3) is 0 Å². The molecule has 0 nitrogen and oxygen atoms in total. The first-order valence-corrected chi connectivity index (χ1v) is 14.0. The third-order valence-corrected chi connectivity index (χ3v) is 11.6. The summed E-state index contributed by atoms with van der Waals surface area (Å²) in [6.07, 6.45) is 0.744. The van der Waals surface area contributed by atoms with Gasteiger partial charge in [0.2, 0.25) is 0 Å². The van der Waals surface area contributed by atoms with Crippen LogP contribution in [0.1, 0.15) is 6.42 Å². The molecule has 0 spiro atoms. The van der Waals surface area contributed by atoms with Crippen LogP contribution in [0.5, 0.6) is 0 Å². The number of halogens is 2. The summed E-state index contributed by atoms with van der Waals surface area (Å²) < 4.78 is 0. The van der Waals surface area contributed by atoms with Crippen LogP contribution >= 0.6 is 39.0 Å². The molecule has 0 amide bonds. The summed E-state index contributed by atoms with van der Waals surface area (Å²) in [6.45, 7) is 0. The average molecular weight is 481 g/mol. The van der Waals surface area contributed by atoms with Crippen LogP contribution in [0.15, 0.2) is 121 Å². The van der Waals surface area contributed by atoms with E-state index in [-0.39, 0.29) is 10.2 Å². The van der Waals surface area contributed by atoms with E-state index in [0.717, 1.165) is 6.42 Å². The molecule has 4 aromatic rings. The zero-order valence-electron chi connectivity index (χ0n) is 17.1. The fourth-order valence-corrected chi connectivity index (χ4v) is 10.6. The maximum Gasteiger partial charge on any atom is 0.0633 e. The van der Waals surface area contributed by atoms with Crippen LogP contribution in [-0.2, 0) is 0 Å². The van der Waals surface area contributed by atoms with Gasteiger partial charge in [-0.25, -0.2) is 0 Å². The highest BCUT2D eigenvalue weighted by molar-refractivity contribution is 7.76. The van der Waals surface area contributed by atoms with E-state index in [1.54, 1.807) is 0 Å². The predicted octanol–water partition coefficient (Wildman–Crippen LogP) is 6.77. The van der Waals surface area contributed by atoms with Gasteiger partial charge in [0.05, 0.1) is 10.2 Å². The summed E-state index contributed by atoms with van der Waals surface area (Å²) in [6, 6.07) is 42.5. The lowest BCUT2D eigenvalue weighted by Crippen LogP contribution is -2.24. The molecule has 0 aliphatic heterocycles. The first-order valence-electron chi connectivity index (χ1n) is 10.3. The first kappa shape index (κ1) is 22.5. The Balaban J connectivity index is 1.65. The first-order chi connectivity index (χ1) is 15.2. The molecule has 0 aromatic heterocycles. The summed E-state index contributed by atoms with van der Waals surface area (Å²) in [5, 5.41) is 5.04. The van der Waals surface area contributed by atoms with Gasteiger partial charge in [0.15, 0.2) is 0 Å². The fourth-order valence-electron chi connectivity index (χ4n) is 3.67. The molecule has 31 heavy (non-hydrogen) atoms. The molecule has 4 heteroatoms. The van der Waals surface area contributed by atoms with Crippen LogP contribution in [0.2, 0.25) is 0 Å². The number of alkyl halides is 2. The monoisotopic (exact) mass is 480 g/mol. The molecule has 0 saturated heterocycles. The van der Waals surface area contributed by atoms with Crippen molar-refractivity contribution < 1.29 is 0 Å². The summed E-state index contributed by atoms with van der Waals surface area (Å²) in [4.78, 5) is 0. The Morgan fingerprint density at radius 2 is 0.645 bits per heavy atom. The zero-order valence-corrected chi connectivity index (χ0v) is 20.4. The molecule has 0 radical (unpaired) electrons. The Labute approximate surface area is 197 Å². The smallest absolute Gasteiger partial charge is 0.0633 e. The molecule has 0 heterocycles. The molecular formula is C27H24Cl2P2. The summed E-state index contributed by atoms with van der Waals surface area (Å²) in [7, 11) is -1.43. The number of hydrogen-bond donors (Lipinski definition) is 0. The second kappa shape index (κ2) is 11.3. The van der Waals surface area contributed by atoms with Gasteiger partial charge in [-0.3, -0.25) is 0 Å². The van der Waals surface area contributed by atoms with Gasteiger partial charge in [0.1, 0.15) is 0 Å². The van der Waals surface area contributed by atoms with Crippen molar-refractivity contribution in [3.8, 4) is 0 Å². The van der Waals surface area contributed by atoms with E-state index in [2.05, 4.69) is 121 Å². The van der Waals surface area contributed by atoms with Crippen LogP contribution in [0, 0.1) is 0 Å². The van der Waals surface area contributed by atoms with Gasteiger partial charge in [0.25, 0.3) is 0 Å². The van der Waals surface area contributed by atoms with Crippen molar-refractivity contribution in [2.75, 3.05) is 0 Å². The van der Waals surface area contributed by atoms with E-state index in [1.807, 2.05) is 0 Å². The quantitative estimate of drug-likeness (QED) is 0.193. The molecule has 2 atom stereocenters. The third kappa shape index (κ3) is 5.77. The lowest BCUT2D eigenvalue weighted by molar-refractivity contribution is 0.999. The maximum absolute atomic E-state index is 7.18. The Bertz CT molecular complexity index is 878. The molecule has 0 aliphatic carbocycles. The van der Waals surface area contributed by atoms with Gasteiger partial charge in [-0.15, -0.1) is 23.2 Å². The molecule has 2 unspecified atom stereocenters. The molecular weight excluding hydrogens is 457 g/mol. The van der Waals surface area contributed by atoms with Gasteiger partial charge >= 0.3 is 0 Å². The molecule has 156 valence electrons. The van der Waals surface area contributed by atoms with Gasteiger partial charge in [-0.05, 0) is 43.5 Å². The second-order valence-corrected chi connectivity index (χ2v) is 13.6. The largest absolute Gasteiger partial charge is 0.117 e. The minimum absolute atomic E-state index is 0.0558. The SMILES string of the molecule is ClC(CC(Cl)P(c1ccccc1)c1ccccc1)P(c1ccccc1)c1ccccc1. The van der Waals surface area contributed by atoms with Crippen LogP contribution < -0.4 is 21.2 Å². The van der Waals surface area contributed by atoms with Crippen molar-refractivity contribution in [1.82, 2.24) is 0 Å². The highest BCUT2D eigenvalue weighted by Crippen LogP contribution is 2.50. The van der Waals surface area contributed by atoms with E-state index in [0.29, 0.717) is 0 Å². The van der Waals surface area contributed by atoms with Gasteiger partial charge in [-0.2, -0.15) is 0 Å². The van der Waals surface area contributed by atoms with Crippen molar-refractivity contribution in [2.24, 2.45) is 0 Å². The van der Waals surface area contributed by atoms with Crippen molar-refractivity contribution in [1.29, 1.82) is 0 Å². The van der Waals surface area contributed by atoms with E-state index >= 15 is 0 Å². The number of benzene rings is 4. The minimum atomic E-state index is -0.716. The molecule has 0 bridgehead atoms. The Morgan fingerprint density at radius 1 is 0.419 bits per heavy atom. The highest BCUT2D eigenvalue weighted by Gasteiger charge is 2.30. The lowest BCUT2D eigenvalue weighted by atomic mass is 10.4. The zero-order chi connectivity index (χ0) is 21.5. The number of rotatable bonds is 8. The maximum atomic E-state index is 7.18. The van der Waals surface area contributed by atoms with E-state index in [4.69, 9.17) is 23.2 Å². The molecule has 0 saturated carbocycles. The van der Waals surface area contributed by atoms with Crippen molar-refractivity contribution >= 4 is 60.3 Å². The van der Waals surface area contributed by atoms with Crippen molar-refractivity contribution in [3.63, 3.8) is 0 Å². The third-order valence-electron chi connectivity index (χ3n) is 5.09. The Morgan fingerprint density at radius 3 is 0.871 bits per heavy atom. The second-order valence-electron chi connectivity index (χ2n) is 7.19. The van der Waals surface area contributed by atoms with Crippen molar-refractivity contribution in [2.45, 2.75) is 16.7 Å². The molecule has 4 rings (SSSR count). The van der Waals surface area contributed by atoms with E-state index in [9.17, 15) is 0 Å². The van der Waals surface area contributed by atoms with Crippen LogP contribution in [-0.4, -0.2) is 10.2 Å². The van der Waals surface area contributed by atoms with Gasteiger partial charge in [0, 0.05) is 0 Å². The molecule has 0 N–H and O–H groups in total. The van der Waals surface area contributed by atoms with Crippen molar-refractivity contribution in [3.05, 3.63) is 121 Å². The topological polar surface area (TPSA) is 0 Å². The Kier molecular flexibility index (Phi) is 8.18. The molecule has 0 aliphatic rings. The predicted molar refractivity (Wildman–Crippen MR) is 142 cm³/mol. The molecule has 0 fully saturated rings.